The molecule has 2 N–H and O–H groups in total. The van der Waals surface area contributed by atoms with Crippen LogP contribution in [0.3, 0.4) is 0 Å². The zero-order valence-electron chi connectivity index (χ0n) is 15.6. The number of fused-ring (bicyclic) bond motifs is 1. The van der Waals surface area contributed by atoms with Gasteiger partial charge in [0, 0.05) is 18.9 Å². The fraction of sp³-hybridized carbons (Fsp3) is 0.250. The lowest BCUT2D eigenvalue weighted by molar-refractivity contribution is -0.114. The SMILES string of the molecule is COc1ccc(CCNc2nc(NC(C)=O)nc3ccccc23)cc1OC. The number of amides is 1. The van der Waals surface area contributed by atoms with E-state index in [4.69, 9.17) is 9.47 Å². The molecule has 0 fully saturated rings. The molecule has 0 atom stereocenters. The van der Waals surface area contributed by atoms with Crippen LogP contribution in [0.2, 0.25) is 0 Å². The summed E-state index contributed by atoms with van der Waals surface area (Å²) in [7, 11) is 3.24. The summed E-state index contributed by atoms with van der Waals surface area (Å²) in [6, 6.07) is 13.5. The maximum atomic E-state index is 11.3. The molecule has 0 bridgehead atoms. The van der Waals surface area contributed by atoms with E-state index in [2.05, 4.69) is 20.6 Å². The first-order valence-electron chi connectivity index (χ1n) is 8.60. The highest BCUT2D eigenvalue weighted by Crippen LogP contribution is 2.28. The highest BCUT2D eigenvalue weighted by atomic mass is 16.5. The molecule has 1 heterocycles. The van der Waals surface area contributed by atoms with Crippen LogP contribution in [-0.2, 0) is 11.2 Å². The minimum atomic E-state index is -0.207. The molecule has 0 aliphatic rings. The first-order chi connectivity index (χ1) is 13.1. The lowest BCUT2D eigenvalue weighted by Crippen LogP contribution is -2.12. The van der Waals surface area contributed by atoms with Gasteiger partial charge in [-0.1, -0.05) is 18.2 Å². The van der Waals surface area contributed by atoms with Crippen molar-refractivity contribution in [3.63, 3.8) is 0 Å². The van der Waals surface area contributed by atoms with Crippen molar-refractivity contribution < 1.29 is 14.3 Å². The molecule has 0 unspecified atom stereocenters. The van der Waals surface area contributed by atoms with Gasteiger partial charge in [-0.05, 0) is 36.2 Å². The third kappa shape index (κ3) is 4.44. The molecule has 1 amide bonds. The Balaban J connectivity index is 1.77. The molecule has 3 aromatic rings. The normalized spacial score (nSPS) is 10.5. The van der Waals surface area contributed by atoms with Crippen molar-refractivity contribution in [2.24, 2.45) is 0 Å². The Morgan fingerprint density at radius 2 is 1.81 bits per heavy atom. The summed E-state index contributed by atoms with van der Waals surface area (Å²) in [6.07, 6.45) is 0.772. The molecule has 3 rings (SSSR count). The number of aromatic nitrogens is 2. The van der Waals surface area contributed by atoms with E-state index in [1.165, 1.54) is 6.92 Å². The van der Waals surface area contributed by atoms with Gasteiger partial charge in [-0.3, -0.25) is 10.1 Å². The van der Waals surface area contributed by atoms with E-state index in [1.54, 1.807) is 14.2 Å². The topological polar surface area (TPSA) is 85.4 Å². The van der Waals surface area contributed by atoms with E-state index in [0.717, 1.165) is 22.9 Å². The van der Waals surface area contributed by atoms with Gasteiger partial charge in [0.1, 0.15) is 5.82 Å². The summed E-state index contributed by atoms with van der Waals surface area (Å²) in [5, 5.41) is 6.88. The maximum absolute atomic E-state index is 11.3. The number of hydrogen-bond acceptors (Lipinski definition) is 6. The number of nitrogens with one attached hydrogen (secondary N) is 2. The highest BCUT2D eigenvalue weighted by Gasteiger charge is 2.09. The standard InChI is InChI=1S/C20H22N4O3/c1-13(25)22-20-23-16-7-5-4-6-15(16)19(24-20)21-11-10-14-8-9-17(26-2)18(12-14)27-3/h4-9,12H,10-11H2,1-3H3,(H2,21,22,23,24,25). The van der Waals surface area contributed by atoms with Gasteiger partial charge in [0.05, 0.1) is 19.7 Å². The van der Waals surface area contributed by atoms with Gasteiger partial charge in [-0.2, -0.15) is 4.98 Å². The van der Waals surface area contributed by atoms with Crippen LogP contribution in [-0.4, -0.2) is 36.6 Å². The molecule has 7 heteroatoms. The van der Waals surface area contributed by atoms with E-state index in [1.807, 2.05) is 42.5 Å². The van der Waals surface area contributed by atoms with E-state index in [0.29, 0.717) is 23.9 Å². The van der Waals surface area contributed by atoms with Crippen molar-refractivity contribution in [1.29, 1.82) is 0 Å². The van der Waals surface area contributed by atoms with Crippen molar-refractivity contribution in [3.8, 4) is 11.5 Å². The molecule has 1 aromatic heterocycles. The zero-order valence-corrected chi connectivity index (χ0v) is 15.6. The molecule has 0 aliphatic heterocycles. The van der Waals surface area contributed by atoms with Gasteiger partial charge >= 0.3 is 0 Å². The van der Waals surface area contributed by atoms with Gasteiger partial charge in [0.15, 0.2) is 11.5 Å². The number of para-hydroxylation sites is 1. The van der Waals surface area contributed by atoms with Gasteiger partial charge in [0.25, 0.3) is 0 Å². The summed E-state index contributed by atoms with van der Waals surface area (Å²) >= 11 is 0. The Morgan fingerprint density at radius 3 is 2.56 bits per heavy atom. The second-order valence-corrected chi connectivity index (χ2v) is 5.96. The molecular formula is C20H22N4O3. The molecule has 27 heavy (non-hydrogen) atoms. The van der Waals surface area contributed by atoms with Crippen LogP contribution in [0.25, 0.3) is 10.9 Å². The quantitative estimate of drug-likeness (QED) is 0.668. The molecule has 7 nitrogen and oxygen atoms in total. The van der Waals surface area contributed by atoms with Gasteiger partial charge in [-0.15, -0.1) is 0 Å². The van der Waals surface area contributed by atoms with Crippen LogP contribution < -0.4 is 20.1 Å². The summed E-state index contributed by atoms with van der Waals surface area (Å²) in [5.41, 5.74) is 1.88. The predicted octanol–water partition coefficient (Wildman–Crippen LogP) is 3.26. The number of methoxy groups -OCH3 is 2. The molecule has 0 saturated heterocycles. The molecule has 2 aromatic carbocycles. The monoisotopic (exact) mass is 366 g/mol. The Labute approximate surface area is 157 Å². The Kier molecular flexibility index (Phi) is 5.71. The van der Waals surface area contributed by atoms with Crippen molar-refractivity contribution in [1.82, 2.24) is 9.97 Å². The third-order valence-electron chi connectivity index (χ3n) is 4.05. The van der Waals surface area contributed by atoms with E-state index < -0.39 is 0 Å². The summed E-state index contributed by atoms with van der Waals surface area (Å²) in [6.45, 7) is 2.10. The zero-order chi connectivity index (χ0) is 19.2. The van der Waals surface area contributed by atoms with Crippen LogP contribution in [0.5, 0.6) is 11.5 Å². The molecule has 0 radical (unpaired) electrons. The molecule has 0 spiro atoms. The van der Waals surface area contributed by atoms with Gasteiger partial charge < -0.3 is 14.8 Å². The van der Waals surface area contributed by atoms with Crippen LogP contribution >= 0.6 is 0 Å². The van der Waals surface area contributed by atoms with Crippen molar-refractivity contribution >= 4 is 28.6 Å². The number of benzene rings is 2. The lowest BCUT2D eigenvalue weighted by atomic mass is 10.1. The second kappa shape index (κ2) is 8.35. The summed E-state index contributed by atoms with van der Waals surface area (Å²) < 4.78 is 10.6. The van der Waals surface area contributed by atoms with E-state index in [9.17, 15) is 4.79 Å². The minimum absolute atomic E-state index is 0.207. The summed E-state index contributed by atoms with van der Waals surface area (Å²) in [5.74, 6) is 2.17. The molecule has 0 aliphatic carbocycles. The maximum Gasteiger partial charge on any atom is 0.231 e. The Morgan fingerprint density at radius 1 is 1.04 bits per heavy atom. The number of carbonyl (C=O) groups excluding carboxylic acids is 1. The molecular weight excluding hydrogens is 344 g/mol. The smallest absolute Gasteiger partial charge is 0.231 e. The second-order valence-electron chi connectivity index (χ2n) is 5.96. The average molecular weight is 366 g/mol. The largest absolute Gasteiger partial charge is 0.493 e. The molecule has 140 valence electrons. The number of ether oxygens (including phenoxy) is 2. The average Bonchev–Trinajstić information content (AvgIpc) is 2.67. The number of nitrogens with zero attached hydrogens (tertiary/aromatic N) is 2. The van der Waals surface area contributed by atoms with Crippen molar-refractivity contribution in [3.05, 3.63) is 48.0 Å². The van der Waals surface area contributed by atoms with Crippen LogP contribution in [0, 0.1) is 0 Å². The third-order valence-corrected chi connectivity index (χ3v) is 4.05. The first kappa shape index (κ1) is 18.4. The number of anilines is 2. The lowest BCUT2D eigenvalue weighted by Gasteiger charge is -2.12. The Bertz CT molecular complexity index is 959. The minimum Gasteiger partial charge on any atom is -0.493 e. The van der Waals surface area contributed by atoms with Crippen LogP contribution in [0.1, 0.15) is 12.5 Å². The molecule has 0 saturated carbocycles. The highest BCUT2D eigenvalue weighted by molar-refractivity contribution is 5.93. The fourth-order valence-electron chi connectivity index (χ4n) is 2.79. The first-order valence-corrected chi connectivity index (χ1v) is 8.60. The van der Waals surface area contributed by atoms with Gasteiger partial charge in [-0.25, -0.2) is 4.98 Å². The number of rotatable bonds is 7. The fourth-order valence-corrected chi connectivity index (χ4v) is 2.79. The number of hydrogen-bond donors (Lipinski definition) is 2. The van der Waals surface area contributed by atoms with Crippen molar-refractivity contribution in [2.45, 2.75) is 13.3 Å². The van der Waals surface area contributed by atoms with E-state index >= 15 is 0 Å². The van der Waals surface area contributed by atoms with Crippen LogP contribution in [0.4, 0.5) is 11.8 Å². The Hall–Kier alpha value is -3.35. The number of carbonyl (C=O) groups is 1. The van der Waals surface area contributed by atoms with Crippen LogP contribution in [0.15, 0.2) is 42.5 Å². The predicted molar refractivity (Wildman–Crippen MR) is 106 cm³/mol. The summed E-state index contributed by atoms with van der Waals surface area (Å²) in [4.78, 5) is 20.1. The van der Waals surface area contributed by atoms with Gasteiger partial charge in [0.2, 0.25) is 11.9 Å². The van der Waals surface area contributed by atoms with E-state index in [-0.39, 0.29) is 11.9 Å². The van der Waals surface area contributed by atoms with Crippen molar-refractivity contribution in [2.75, 3.05) is 31.4 Å².